The summed E-state index contributed by atoms with van der Waals surface area (Å²) in [5, 5.41) is 8.34. The summed E-state index contributed by atoms with van der Waals surface area (Å²) in [6.07, 6.45) is 1.89. The third-order valence-corrected chi connectivity index (χ3v) is 2.29. The SMILES string of the molecule is N#CCCCOc1cc(Br)ccc1C=O. The highest BCUT2D eigenvalue weighted by molar-refractivity contribution is 9.10. The highest BCUT2D eigenvalue weighted by atomic mass is 79.9. The number of hydrogen-bond acceptors (Lipinski definition) is 3. The highest BCUT2D eigenvalue weighted by Gasteiger charge is 2.03. The van der Waals surface area contributed by atoms with Crippen molar-refractivity contribution in [3.05, 3.63) is 28.2 Å². The minimum atomic E-state index is 0.449. The number of unbranched alkanes of at least 4 members (excludes halogenated alkanes) is 1. The van der Waals surface area contributed by atoms with E-state index in [4.69, 9.17) is 10.00 Å². The van der Waals surface area contributed by atoms with Gasteiger partial charge in [0, 0.05) is 10.9 Å². The molecule has 0 heterocycles. The smallest absolute Gasteiger partial charge is 0.153 e. The van der Waals surface area contributed by atoms with Crippen molar-refractivity contribution in [1.82, 2.24) is 0 Å². The van der Waals surface area contributed by atoms with Gasteiger partial charge in [0.25, 0.3) is 0 Å². The molecule has 0 amide bonds. The maximum absolute atomic E-state index is 10.7. The van der Waals surface area contributed by atoms with E-state index in [-0.39, 0.29) is 0 Å². The second kappa shape index (κ2) is 6.20. The molecule has 78 valence electrons. The Morgan fingerprint density at radius 2 is 2.33 bits per heavy atom. The Balaban J connectivity index is 2.62. The molecule has 0 unspecified atom stereocenters. The zero-order chi connectivity index (χ0) is 11.1. The average Bonchev–Trinajstić information content (AvgIpc) is 2.25. The van der Waals surface area contributed by atoms with Crippen LogP contribution in [0.25, 0.3) is 0 Å². The Hall–Kier alpha value is -1.34. The number of aldehydes is 1. The van der Waals surface area contributed by atoms with E-state index in [0.717, 1.165) is 10.8 Å². The van der Waals surface area contributed by atoms with Gasteiger partial charge in [-0.05, 0) is 24.6 Å². The van der Waals surface area contributed by atoms with Crippen LogP contribution in [0.3, 0.4) is 0 Å². The monoisotopic (exact) mass is 267 g/mol. The van der Waals surface area contributed by atoms with Gasteiger partial charge in [-0.2, -0.15) is 5.26 Å². The van der Waals surface area contributed by atoms with Crippen molar-refractivity contribution in [2.24, 2.45) is 0 Å². The molecule has 0 N–H and O–H groups in total. The number of carbonyl (C=O) groups excluding carboxylic acids is 1. The first kappa shape index (κ1) is 11.7. The zero-order valence-electron chi connectivity index (χ0n) is 8.07. The number of halogens is 1. The van der Waals surface area contributed by atoms with Gasteiger partial charge in [-0.1, -0.05) is 15.9 Å². The number of hydrogen-bond donors (Lipinski definition) is 0. The van der Waals surface area contributed by atoms with E-state index in [9.17, 15) is 4.79 Å². The minimum absolute atomic E-state index is 0.449. The van der Waals surface area contributed by atoms with Gasteiger partial charge in [-0.25, -0.2) is 0 Å². The molecule has 1 aromatic rings. The summed E-state index contributed by atoms with van der Waals surface area (Å²) in [6.45, 7) is 0.449. The second-order valence-corrected chi connectivity index (χ2v) is 3.83. The molecule has 15 heavy (non-hydrogen) atoms. The first-order chi connectivity index (χ1) is 7.27. The minimum Gasteiger partial charge on any atom is -0.493 e. The number of benzene rings is 1. The van der Waals surface area contributed by atoms with Crippen LogP contribution in [0.2, 0.25) is 0 Å². The van der Waals surface area contributed by atoms with E-state index in [2.05, 4.69) is 15.9 Å². The summed E-state index contributed by atoms with van der Waals surface area (Å²) in [5.74, 6) is 0.553. The van der Waals surface area contributed by atoms with Gasteiger partial charge >= 0.3 is 0 Å². The molecule has 0 saturated heterocycles. The summed E-state index contributed by atoms with van der Waals surface area (Å²) >= 11 is 3.30. The third-order valence-electron chi connectivity index (χ3n) is 1.79. The quantitative estimate of drug-likeness (QED) is 0.609. The fourth-order valence-electron chi connectivity index (χ4n) is 1.06. The molecule has 4 heteroatoms. The molecule has 0 spiro atoms. The number of rotatable bonds is 5. The zero-order valence-corrected chi connectivity index (χ0v) is 9.66. The summed E-state index contributed by atoms with van der Waals surface area (Å²) in [4.78, 5) is 10.7. The predicted octanol–water partition coefficient (Wildman–Crippen LogP) is 2.94. The van der Waals surface area contributed by atoms with Crippen molar-refractivity contribution in [3.8, 4) is 11.8 Å². The van der Waals surface area contributed by atoms with E-state index in [1.807, 2.05) is 6.07 Å². The van der Waals surface area contributed by atoms with E-state index in [1.165, 1.54) is 0 Å². The van der Waals surface area contributed by atoms with E-state index < -0.39 is 0 Å². The molecule has 0 aliphatic rings. The van der Waals surface area contributed by atoms with Crippen molar-refractivity contribution >= 4 is 22.2 Å². The topological polar surface area (TPSA) is 50.1 Å². The van der Waals surface area contributed by atoms with Crippen LogP contribution in [-0.4, -0.2) is 12.9 Å². The standard InChI is InChI=1S/C11H10BrNO2/c12-10-4-3-9(8-14)11(7-10)15-6-2-1-5-13/h3-4,7-8H,1-2,6H2. The molecule has 0 bridgehead atoms. The molecule has 0 atom stereocenters. The number of carbonyl (C=O) groups is 1. The van der Waals surface area contributed by atoms with Gasteiger partial charge in [-0.15, -0.1) is 0 Å². The Morgan fingerprint density at radius 1 is 1.53 bits per heavy atom. The molecule has 0 fully saturated rings. The first-order valence-corrected chi connectivity index (χ1v) is 5.31. The van der Waals surface area contributed by atoms with Gasteiger partial charge in [0.15, 0.2) is 6.29 Å². The molecule has 0 aromatic heterocycles. The van der Waals surface area contributed by atoms with Crippen LogP contribution in [0.1, 0.15) is 23.2 Å². The molecule has 3 nitrogen and oxygen atoms in total. The van der Waals surface area contributed by atoms with E-state index in [1.54, 1.807) is 18.2 Å². The maximum atomic E-state index is 10.7. The number of nitriles is 1. The average molecular weight is 268 g/mol. The molecule has 0 radical (unpaired) electrons. The number of ether oxygens (including phenoxy) is 1. The van der Waals surface area contributed by atoms with Crippen molar-refractivity contribution in [1.29, 1.82) is 5.26 Å². The maximum Gasteiger partial charge on any atom is 0.153 e. The van der Waals surface area contributed by atoms with Crippen molar-refractivity contribution in [2.75, 3.05) is 6.61 Å². The van der Waals surface area contributed by atoms with Crippen molar-refractivity contribution in [2.45, 2.75) is 12.8 Å². The van der Waals surface area contributed by atoms with Gasteiger partial charge in [0.2, 0.25) is 0 Å². The Kier molecular flexibility index (Phi) is 4.85. The molecule has 1 rings (SSSR count). The van der Waals surface area contributed by atoms with E-state index in [0.29, 0.717) is 30.8 Å². The lowest BCUT2D eigenvalue weighted by molar-refractivity contribution is 0.111. The largest absolute Gasteiger partial charge is 0.493 e. The normalized spacial score (nSPS) is 9.33. The van der Waals surface area contributed by atoms with Crippen LogP contribution < -0.4 is 4.74 Å². The van der Waals surface area contributed by atoms with Crippen LogP contribution in [0.4, 0.5) is 0 Å². The molecule has 0 saturated carbocycles. The summed E-state index contributed by atoms with van der Waals surface area (Å²) < 4.78 is 6.26. The van der Waals surface area contributed by atoms with Crippen LogP contribution in [0.15, 0.2) is 22.7 Å². The van der Waals surface area contributed by atoms with Crippen molar-refractivity contribution in [3.63, 3.8) is 0 Å². The molecular weight excluding hydrogens is 258 g/mol. The lowest BCUT2D eigenvalue weighted by Gasteiger charge is -2.07. The molecule has 0 aliphatic heterocycles. The summed E-state index contributed by atoms with van der Waals surface area (Å²) in [6, 6.07) is 7.26. The van der Waals surface area contributed by atoms with Gasteiger partial charge in [0.05, 0.1) is 18.2 Å². The van der Waals surface area contributed by atoms with Crippen LogP contribution in [0, 0.1) is 11.3 Å². The van der Waals surface area contributed by atoms with Crippen molar-refractivity contribution < 1.29 is 9.53 Å². The molecule has 1 aromatic carbocycles. The number of nitrogens with zero attached hydrogens (tertiary/aromatic N) is 1. The van der Waals surface area contributed by atoms with Crippen LogP contribution >= 0.6 is 15.9 Å². The molecule has 0 aliphatic carbocycles. The van der Waals surface area contributed by atoms with Crippen LogP contribution in [0.5, 0.6) is 5.75 Å². The highest BCUT2D eigenvalue weighted by Crippen LogP contribution is 2.22. The Bertz CT molecular complexity index is 385. The van der Waals surface area contributed by atoms with Crippen LogP contribution in [-0.2, 0) is 0 Å². The molecular formula is C11H10BrNO2. The van der Waals surface area contributed by atoms with Gasteiger partial charge in [-0.3, -0.25) is 4.79 Å². The fourth-order valence-corrected chi connectivity index (χ4v) is 1.40. The Morgan fingerprint density at radius 3 is 3.00 bits per heavy atom. The Labute approximate surface area is 96.8 Å². The summed E-state index contributed by atoms with van der Waals surface area (Å²) in [7, 11) is 0. The second-order valence-electron chi connectivity index (χ2n) is 2.91. The lowest BCUT2D eigenvalue weighted by atomic mass is 10.2. The van der Waals surface area contributed by atoms with Gasteiger partial charge in [0.1, 0.15) is 5.75 Å². The first-order valence-electron chi connectivity index (χ1n) is 4.52. The van der Waals surface area contributed by atoms with Gasteiger partial charge < -0.3 is 4.74 Å². The predicted molar refractivity (Wildman–Crippen MR) is 59.9 cm³/mol. The third kappa shape index (κ3) is 3.72. The van der Waals surface area contributed by atoms with E-state index >= 15 is 0 Å². The lowest BCUT2D eigenvalue weighted by Crippen LogP contribution is -1.99. The fraction of sp³-hybridized carbons (Fsp3) is 0.273. The summed E-state index contributed by atoms with van der Waals surface area (Å²) in [5.41, 5.74) is 0.523.